The number of aromatic nitrogens is 1. The lowest BCUT2D eigenvalue weighted by molar-refractivity contribution is 0.613. The van der Waals surface area contributed by atoms with Crippen molar-refractivity contribution in [2.45, 2.75) is 13.3 Å². The lowest BCUT2D eigenvalue weighted by atomic mass is 10.2. The van der Waals surface area contributed by atoms with Gasteiger partial charge in [0.05, 0.1) is 5.75 Å². The van der Waals surface area contributed by atoms with E-state index in [-0.39, 0.29) is 5.75 Å². The molecule has 0 amide bonds. The fourth-order valence-electron chi connectivity index (χ4n) is 1.26. The van der Waals surface area contributed by atoms with Crippen LogP contribution in [0.2, 0.25) is 0 Å². The smallest absolute Gasteiger partial charge is 0.140 e. The highest BCUT2D eigenvalue weighted by atomic mass is 32.2. The van der Waals surface area contributed by atoms with Gasteiger partial charge in [0.2, 0.25) is 0 Å². The molecule has 0 aliphatic heterocycles. The third-order valence-electron chi connectivity index (χ3n) is 1.96. The van der Waals surface area contributed by atoms with E-state index >= 15 is 0 Å². The molecule has 68 valence electrons. The average Bonchev–Trinajstić information content (AvgIpc) is 2.28. The number of hydrogen-bond acceptors (Lipinski definition) is 2. The van der Waals surface area contributed by atoms with Crippen molar-refractivity contribution in [1.29, 1.82) is 0 Å². The summed E-state index contributed by atoms with van der Waals surface area (Å²) in [6.07, 6.45) is 2.57. The van der Waals surface area contributed by atoms with Crippen LogP contribution in [0.25, 0.3) is 0 Å². The van der Waals surface area contributed by atoms with E-state index in [0.29, 0.717) is 6.42 Å². The SMILES string of the molecule is Cc1ccn(C)c1CC[SH](=O)=O. The Kier molecular flexibility index (Phi) is 2.92. The normalized spacial score (nSPS) is 10.9. The fraction of sp³-hybridized carbons (Fsp3) is 0.500. The van der Waals surface area contributed by atoms with E-state index in [2.05, 4.69) is 0 Å². The summed E-state index contributed by atoms with van der Waals surface area (Å²) in [4.78, 5) is 0. The molecule has 0 radical (unpaired) electrons. The zero-order chi connectivity index (χ0) is 9.14. The van der Waals surface area contributed by atoms with Crippen molar-refractivity contribution in [2.24, 2.45) is 7.05 Å². The van der Waals surface area contributed by atoms with Gasteiger partial charge in [-0.1, -0.05) is 0 Å². The van der Waals surface area contributed by atoms with Crippen LogP contribution >= 0.6 is 0 Å². The molecule has 1 rings (SSSR count). The number of hydrogen-bond donors (Lipinski definition) is 1. The fourth-order valence-corrected chi connectivity index (χ4v) is 1.65. The minimum absolute atomic E-state index is 0.244. The second kappa shape index (κ2) is 3.76. The topological polar surface area (TPSA) is 39.1 Å². The second-order valence-electron chi connectivity index (χ2n) is 2.86. The molecule has 0 bridgehead atoms. The molecule has 0 unspecified atom stereocenters. The van der Waals surface area contributed by atoms with Gasteiger partial charge >= 0.3 is 0 Å². The predicted octanol–water partition coefficient (Wildman–Crippen LogP) is 0.487. The lowest BCUT2D eigenvalue weighted by Crippen LogP contribution is -2.01. The first-order valence-corrected chi connectivity index (χ1v) is 5.20. The summed E-state index contributed by atoms with van der Waals surface area (Å²) in [5, 5.41) is 0. The Hall–Kier alpha value is -0.770. The van der Waals surface area contributed by atoms with Gasteiger partial charge in [-0.3, -0.25) is 0 Å². The molecule has 0 N–H and O–H groups in total. The van der Waals surface area contributed by atoms with E-state index in [0.717, 1.165) is 11.3 Å². The van der Waals surface area contributed by atoms with Gasteiger partial charge in [0.1, 0.15) is 10.7 Å². The van der Waals surface area contributed by atoms with Gasteiger partial charge in [-0.25, -0.2) is 8.42 Å². The van der Waals surface area contributed by atoms with E-state index in [1.54, 1.807) is 0 Å². The Morgan fingerprint density at radius 3 is 2.58 bits per heavy atom. The van der Waals surface area contributed by atoms with Crippen LogP contribution in [0.3, 0.4) is 0 Å². The minimum Gasteiger partial charge on any atom is -0.354 e. The van der Waals surface area contributed by atoms with E-state index in [1.807, 2.05) is 30.8 Å². The molecule has 4 heteroatoms. The summed E-state index contributed by atoms with van der Waals surface area (Å²) in [7, 11) is -0.313. The largest absolute Gasteiger partial charge is 0.354 e. The van der Waals surface area contributed by atoms with Crippen LogP contribution in [0, 0.1) is 6.92 Å². The van der Waals surface area contributed by atoms with Crippen molar-refractivity contribution in [3.8, 4) is 0 Å². The Morgan fingerprint density at radius 2 is 2.17 bits per heavy atom. The molecular weight excluding hydrogens is 174 g/mol. The van der Waals surface area contributed by atoms with Gasteiger partial charge in [0.15, 0.2) is 0 Å². The quantitative estimate of drug-likeness (QED) is 0.699. The van der Waals surface area contributed by atoms with Crippen molar-refractivity contribution in [3.63, 3.8) is 0 Å². The monoisotopic (exact) mass is 187 g/mol. The predicted molar refractivity (Wildman–Crippen MR) is 49.0 cm³/mol. The molecular formula is C8H13NO2S. The van der Waals surface area contributed by atoms with Crippen LogP contribution in [0.5, 0.6) is 0 Å². The molecule has 1 aromatic heterocycles. The van der Waals surface area contributed by atoms with Crippen LogP contribution < -0.4 is 0 Å². The molecule has 0 saturated heterocycles. The first-order valence-electron chi connectivity index (χ1n) is 3.84. The van der Waals surface area contributed by atoms with Gasteiger partial charge in [0.25, 0.3) is 0 Å². The molecule has 0 aliphatic carbocycles. The molecule has 0 aliphatic rings. The highest BCUT2D eigenvalue weighted by Gasteiger charge is 2.02. The highest BCUT2D eigenvalue weighted by molar-refractivity contribution is 7.72. The number of rotatable bonds is 3. The van der Waals surface area contributed by atoms with Crippen LogP contribution in [0.4, 0.5) is 0 Å². The van der Waals surface area contributed by atoms with E-state index in [9.17, 15) is 8.42 Å². The molecule has 3 nitrogen and oxygen atoms in total. The summed E-state index contributed by atoms with van der Waals surface area (Å²) < 4.78 is 22.7. The van der Waals surface area contributed by atoms with Crippen molar-refractivity contribution < 1.29 is 8.42 Å². The Balaban J connectivity index is 2.74. The van der Waals surface area contributed by atoms with Crippen LogP contribution in [-0.4, -0.2) is 18.7 Å². The molecule has 0 atom stereocenters. The first kappa shape index (κ1) is 9.32. The maximum Gasteiger partial charge on any atom is 0.140 e. The maximum absolute atomic E-state index is 10.3. The Labute approximate surface area is 74.0 Å². The number of aryl methyl sites for hydroxylation is 2. The first-order chi connectivity index (χ1) is 5.61. The zero-order valence-electron chi connectivity index (χ0n) is 7.28. The van der Waals surface area contributed by atoms with E-state index in [4.69, 9.17) is 0 Å². The molecule has 0 spiro atoms. The molecule has 0 fully saturated rings. The van der Waals surface area contributed by atoms with Crippen molar-refractivity contribution >= 4 is 10.7 Å². The Bertz CT molecular complexity index is 311. The third-order valence-corrected chi connectivity index (χ3v) is 2.55. The molecule has 1 heterocycles. The van der Waals surface area contributed by atoms with Gasteiger partial charge < -0.3 is 4.57 Å². The van der Waals surface area contributed by atoms with Crippen LogP contribution in [-0.2, 0) is 24.2 Å². The van der Waals surface area contributed by atoms with Crippen molar-refractivity contribution in [1.82, 2.24) is 4.57 Å². The highest BCUT2D eigenvalue weighted by Crippen LogP contribution is 2.08. The molecule has 1 aromatic rings. The van der Waals surface area contributed by atoms with Gasteiger partial charge in [-0.05, 0) is 18.6 Å². The molecule has 0 aromatic carbocycles. The standard InChI is InChI=1S/C8H13NO2S/c1-7-3-5-9(2)8(7)4-6-12(10)11/h3,5,12H,4,6H2,1-2H3. The molecule has 0 saturated carbocycles. The van der Waals surface area contributed by atoms with Gasteiger partial charge in [0, 0.05) is 25.4 Å². The van der Waals surface area contributed by atoms with Gasteiger partial charge in [-0.15, -0.1) is 0 Å². The maximum atomic E-state index is 10.3. The third kappa shape index (κ3) is 2.11. The Morgan fingerprint density at radius 1 is 1.50 bits per heavy atom. The lowest BCUT2D eigenvalue weighted by Gasteiger charge is -2.01. The molecule has 12 heavy (non-hydrogen) atoms. The van der Waals surface area contributed by atoms with E-state index < -0.39 is 10.7 Å². The zero-order valence-corrected chi connectivity index (χ0v) is 8.17. The number of thiol groups is 1. The summed E-state index contributed by atoms with van der Waals surface area (Å²) in [5.41, 5.74) is 2.27. The van der Waals surface area contributed by atoms with Crippen molar-refractivity contribution in [2.75, 3.05) is 5.75 Å². The van der Waals surface area contributed by atoms with Crippen LogP contribution in [0.15, 0.2) is 12.3 Å². The summed E-state index contributed by atoms with van der Waals surface area (Å²) in [6, 6.07) is 1.99. The van der Waals surface area contributed by atoms with E-state index in [1.165, 1.54) is 0 Å². The van der Waals surface area contributed by atoms with Crippen LogP contribution in [0.1, 0.15) is 11.3 Å². The summed E-state index contributed by atoms with van der Waals surface area (Å²) in [6.45, 7) is 1.99. The summed E-state index contributed by atoms with van der Waals surface area (Å²) >= 11 is 0. The average molecular weight is 187 g/mol. The van der Waals surface area contributed by atoms with Gasteiger partial charge in [-0.2, -0.15) is 0 Å². The summed E-state index contributed by atoms with van der Waals surface area (Å²) in [5.74, 6) is 0.244. The number of nitrogens with zero attached hydrogens (tertiary/aromatic N) is 1. The second-order valence-corrected chi connectivity index (χ2v) is 3.98. The van der Waals surface area contributed by atoms with Crippen molar-refractivity contribution in [3.05, 3.63) is 23.5 Å². The minimum atomic E-state index is -2.24.